The van der Waals surface area contributed by atoms with Crippen molar-refractivity contribution in [1.29, 1.82) is 0 Å². The number of hydrogen-bond donors (Lipinski definition) is 1. The molecule has 0 saturated carbocycles. The molecule has 0 spiro atoms. The molecule has 1 N–H and O–H groups in total. The second-order valence-corrected chi connectivity index (χ2v) is 7.66. The Bertz CT molecular complexity index is 850. The first kappa shape index (κ1) is 18.8. The largest absolute Gasteiger partial charge is 0.494 e. The van der Waals surface area contributed by atoms with Crippen LogP contribution in [-0.2, 0) is 17.8 Å². The van der Waals surface area contributed by atoms with Crippen LogP contribution in [0.15, 0.2) is 39.1 Å². The highest BCUT2D eigenvalue weighted by Gasteiger charge is 2.21. The highest BCUT2D eigenvalue weighted by molar-refractivity contribution is 8.00. The minimum Gasteiger partial charge on any atom is -0.494 e. The zero-order chi connectivity index (χ0) is 18.5. The Morgan fingerprint density at radius 2 is 2.12 bits per heavy atom. The topological polar surface area (TPSA) is 73.2 Å². The molecule has 0 fully saturated rings. The molecule has 1 aromatic heterocycles. The molecular formula is C18H21N3O3S2. The van der Waals surface area contributed by atoms with Crippen LogP contribution >= 0.6 is 23.5 Å². The average Bonchev–Trinajstić information content (AvgIpc) is 3.11. The van der Waals surface area contributed by atoms with Crippen molar-refractivity contribution in [2.75, 3.05) is 23.4 Å². The number of carbonyl (C=O) groups excluding carboxylic acids is 1. The molecule has 8 heteroatoms. The van der Waals surface area contributed by atoms with Crippen LogP contribution in [0.1, 0.15) is 19.5 Å². The molecule has 2 heterocycles. The summed E-state index contributed by atoms with van der Waals surface area (Å²) in [5.74, 6) is 1.73. The molecule has 6 nitrogen and oxygen atoms in total. The molecule has 1 amide bonds. The van der Waals surface area contributed by atoms with E-state index in [0.717, 1.165) is 28.5 Å². The van der Waals surface area contributed by atoms with E-state index in [4.69, 9.17) is 4.74 Å². The number of rotatable bonds is 7. The number of nitrogens with zero attached hydrogens (tertiary/aromatic N) is 2. The summed E-state index contributed by atoms with van der Waals surface area (Å²) in [4.78, 5) is 30.1. The summed E-state index contributed by atoms with van der Waals surface area (Å²) in [5.41, 5.74) is 1.58. The Kier molecular flexibility index (Phi) is 6.26. The van der Waals surface area contributed by atoms with Crippen molar-refractivity contribution < 1.29 is 9.53 Å². The first-order valence-corrected chi connectivity index (χ1v) is 10.5. The van der Waals surface area contributed by atoms with E-state index in [9.17, 15) is 9.59 Å². The highest BCUT2D eigenvalue weighted by atomic mass is 32.2. The fourth-order valence-corrected chi connectivity index (χ4v) is 4.56. The van der Waals surface area contributed by atoms with Gasteiger partial charge in [-0.3, -0.25) is 14.2 Å². The van der Waals surface area contributed by atoms with Gasteiger partial charge in [-0.1, -0.05) is 11.8 Å². The summed E-state index contributed by atoms with van der Waals surface area (Å²) >= 11 is 2.87. The fourth-order valence-electron chi connectivity index (χ4n) is 2.64. The van der Waals surface area contributed by atoms with Crippen molar-refractivity contribution in [3.05, 3.63) is 40.3 Å². The molecule has 3 rings (SSSR count). The van der Waals surface area contributed by atoms with E-state index in [-0.39, 0.29) is 17.2 Å². The number of aryl methyl sites for hydroxylation is 1. The van der Waals surface area contributed by atoms with Crippen LogP contribution in [0.3, 0.4) is 0 Å². The quantitative estimate of drug-likeness (QED) is 0.578. The van der Waals surface area contributed by atoms with E-state index in [1.807, 2.05) is 26.0 Å². The summed E-state index contributed by atoms with van der Waals surface area (Å²) in [5, 5.41) is 3.46. The number of aromatic nitrogens is 2. The van der Waals surface area contributed by atoms with Crippen molar-refractivity contribution >= 4 is 35.1 Å². The van der Waals surface area contributed by atoms with Gasteiger partial charge in [0, 0.05) is 24.4 Å². The molecule has 0 saturated heterocycles. The van der Waals surface area contributed by atoms with Crippen molar-refractivity contribution in [2.24, 2.45) is 0 Å². The van der Waals surface area contributed by atoms with Crippen LogP contribution in [0.4, 0.5) is 5.69 Å². The van der Waals surface area contributed by atoms with Gasteiger partial charge in [0.05, 0.1) is 22.9 Å². The van der Waals surface area contributed by atoms with Gasteiger partial charge in [-0.05, 0) is 38.1 Å². The first-order chi connectivity index (χ1) is 12.6. The van der Waals surface area contributed by atoms with Crippen molar-refractivity contribution in [3.8, 4) is 5.75 Å². The van der Waals surface area contributed by atoms with E-state index in [2.05, 4.69) is 10.3 Å². The Balaban J connectivity index is 1.64. The molecule has 1 aromatic carbocycles. The summed E-state index contributed by atoms with van der Waals surface area (Å²) in [6, 6.07) is 7.25. The lowest BCUT2D eigenvalue weighted by molar-refractivity contribution is -0.113. The molecular weight excluding hydrogens is 370 g/mol. The monoisotopic (exact) mass is 391 g/mol. The van der Waals surface area contributed by atoms with E-state index >= 15 is 0 Å². The number of benzene rings is 1. The lowest BCUT2D eigenvalue weighted by Gasteiger charge is -2.12. The molecule has 0 radical (unpaired) electrons. The maximum absolute atomic E-state index is 12.5. The summed E-state index contributed by atoms with van der Waals surface area (Å²) in [6.07, 6.45) is 0.811. The van der Waals surface area contributed by atoms with Gasteiger partial charge >= 0.3 is 0 Å². The standard InChI is InChI=1S/C18H21N3O3S2/c1-3-21-17(23)16-14(9-10-25-16)20-18(21)26-11-15(22)19-12-5-7-13(8-6-12)24-4-2/h5-8H,3-4,9-11H2,1-2H3,(H,19,22). The summed E-state index contributed by atoms with van der Waals surface area (Å²) in [7, 11) is 0. The van der Waals surface area contributed by atoms with Gasteiger partial charge in [-0.2, -0.15) is 0 Å². The lowest BCUT2D eigenvalue weighted by atomic mass is 10.3. The van der Waals surface area contributed by atoms with Gasteiger partial charge < -0.3 is 10.1 Å². The molecule has 0 bridgehead atoms. The van der Waals surface area contributed by atoms with Crippen LogP contribution < -0.4 is 15.6 Å². The zero-order valence-electron chi connectivity index (χ0n) is 14.8. The second kappa shape index (κ2) is 8.64. The smallest absolute Gasteiger partial charge is 0.268 e. The van der Waals surface area contributed by atoms with E-state index in [1.54, 1.807) is 28.5 Å². The summed E-state index contributed by atoms with van der Waals surface area (Å²) in [6.45, 7) is 4.99. The SMILES string of the molecule is CCOc1ccc(NC(=O)CSc2nc3c(c(=O)n2CC)SCC3)cc1. The zero-order valence-corrected chi connectivity index (χ0v) is 16.4. The van der Waals surface area contributed by atoms with Gasteiger partial charge in [0.15, 0.2) is 5.16 Å². The predicted octanol–water partition coefficient (Wildman–Crippen LogP) is 3.04. The maximum atomic E-state index is 12.5. The lowest BCUT2D eigenvalue weighted by Crippen LogP contribution is -2.25. The predicted molar refractivity (Wildman–Crippen MR) is 106 cm³/mol. The van der Waals surface area contributed by atoms with Crippen LogP contribution in [-0.4, -0.2) is 33.6 Å². The number of carbonyl (C=O) groups is 1. The molecule has 0 atom stereocenters. The molecule has 2 aromatic rings. The molecule has 26 heavy (non-hydrogen) atoms. The normalized spacial score (nSPS) is 12.7. The van der Waals surface area contributed by atoms with Crippen LogP contribution in [0, 0.1) is 0 Å². The number of fused-ring (bicyclic) bond motifs is 1. The first-order valence-electron chi connectivity index (χ1n) is 8.54. The third kappa shape index (κ3) is 4.24. The molecule has 1 aliphatic heterocycles. The number of anilines is 1. The average molecular weight is 392 g/mol. The van der Waals surface area contributed by atoms with Gasteiger partial charge in [0.25, 0.3) is 5.56 Å². The second-order valence-electron chi connectivity index (χ2n) is 5.61. The number of hydrogen-bond acceptors (Lipinski definition) is 6. The Morgan fingerprint density at radius 1 is 1.35 bits per heavy atom. The Hall–Kier alpha value is -1.93. The van der Waals surface area contributed by atoms with Crippen molar-refractivity contribution in [1.82, 2.24) is 9.55 Å². The van der Waals surface area contributed by atoms with Crippen LogP contribution in [0.25, 0.3) is 0 Å². The van der Waals surface area contributed by atoms with E-state index < -0.39 is 0 Å². The number of ether oxygens (including phenoxy) is 1. The fraction of sp³-hybridized carbons (Fsp3) is 0.389. The number of amides is 1. The van der Waals surface area contributed by atoms with Gasteiger partial charge in [-0.25, -0.2) is 4.98 Å². The third-order valence-electron chi connectivity index (χ3n) is 3.85. The Labute approximate surface area is 160 Å². The van der Waals surface area contributed by atoms with Crippen molar-refractivity contribution in [2.45, 2.75) is 36.9 Å². The van der Waals surface area contributed by atoms with E-state index in [1.165, 1.54) is 11.8 Å². The van der Waals surface area contributed by atoms with Crippen LogP contribution in [0.2, 0.25) is 0 Å². The summed E-state index contributed by atoms with van der Waals surface area (Å²) < 4.78 is 7.03. The van der Waals surface area contributed by atoms with Gasteiger partial charge in [0.1, 0.15) is 5.75 Å². The molecule has 1 aliphatic rings. The molecule has 0 unspecified atom stereocenters. The molecule has 138 valence electrons. The van der Waals surface area contributed by atoms with Crippen LogP contribution in [0.5, 0.6) is 5.75 Å². The minimum atomic E-state index is -0.133. The van der Waals surface area contributed by atoms with E-state index in [0.29, 0.717) is 24.0 Å². The number of nitrogens with one attached hydrogen (secondary N) is 1. The highest BCUT2D eigenvalue weighted by Crippen LogP contribution is 2.28. The maximum Gasteiger partial charge on any atom is 0.268 e. The third-order valence-corrected chi connectivity index (χ3v) is 5.93. The van der Waals surface area contributed by atoms with Gasteiger partial charge in [0.2, 0.25) is 5.91 Å². The van der Waals surface area contributed by atoms with Crippen molar-refractivity contribution in [3.63, 3.8) is 0 Å². The Morgan fingerprint density at radius 3 is 2.81 bits per heavy atom. The molecule has 0 aliphatic carbocycles. The minimum absolute atomic E-state index is 0.00872. The van der Waals surface area contributed by atoms with Gasteiger partial charge in [-0.15, -0.1) is 11.8 Å². The number of thioether (sulfide) groups is 2.